The van der Waals surface area contributed by atoms with Crippen LogP contribution in [0.4, 0.5) is 0 Å². The van der Waals surface area contributed by atoms with Gasteiger partial charge in [0.05, 0.1) is 7.11 Å². The van der Waals surface area contributed by atoms with Gasteiger partial charge >= 0.3 is 5.63 Å². The molecule has 0 aliphatic heterocycles. The number of hydrogen-bond acceptors (Lipinski definition) is 5. The Bertz CT molecular complexity index is 1190. The van der Waals surface area contributed by atoms with Crippen LogP contribution in [0.2, 0.25) is 0 Å². The fraction of sp³-hybridized carbons (Fsp3) is 0.182. The van der Waals surface area contributed by atoms with Crippen molar-refractivity contribution in [2.75, 3.05) is 7.11 Å². The number of aryl methyl sites for hydroxylation is 2. The number of nitrogens with zero attached hydrogens (tertiary/aromatic N) is 2. The Morgan fingerprint density at radius 1 is 1.14 bits per heavy atom. The molecule has 0 aliphatic rings. The molecule has 0 N–H and O–H groups in total. The SMILES string of the molecule is COc1ccc(-n2ccnc2SCc2cc(=O)oc3c(C)c(C)ccc23)cc1. The minimum Gasteiger partial charge on any atom is -0.497 e. The van der Waals surface area contributed by atoms with E-state index in [1.807, 2.05) is 54.9 Å². The molecule has 0 saturated carbocycles. The zero-order valence-electron chi connectivity index (χ0n) is 15.9. The largest absolute Gasteiger partial charge is 0.497 e. The van der Waals surface area contributed by atoms with E-state index in [4.69, 9.17) is 9.15 Å². The van der Waals surface area contributed by atoms with Gasteiger partial charge in [-0.1, -0.05) is 23.9 Å². The molecule has 0 atom stereocenters. The van der Waals surface area contributed by atoms with Crippen molar-refractivity contribution in [1.29, 1.82) is 0 Å². The minimum atomic E-state index is -0.324. The Labute approximate surface area is 167 Å². The number of ether oxygens (including phenoxy) is 1. The average Bonchev–Trinajstić information content (AvgIpc) is 3.18. The van der Waals surface area contributed by atoms with Gasteiger partial charge in [0.15, 0.2) is 5.16 Å². The van der Waals surface area contributed by atoms with E-state index in [2.05, 4.69) is 11.1 Å². The van der Waals surface area contributed by atoms with Crippen molar-refractivity contribution < 1.29 is 9.15 Å². The molecule has 2 aromatic heterocycles. The van der Waals surface area contributed by atoms with Crippen molar-refractivity contribution in [1.82, 2.24) is 9.55 Å². The van der Waals surface area contributed by atoms with Crippen LogP contribution >= 0.6 is 11.8 Å². The van der Waals surface area contributed by atoms with Crippen LogP contribution in [0, 0.1) is 13.8 Å². The molecular formula is C22H20N2O3S. The van der Waals surface area contributed by atoms with Gasteiger partial charge in [0.1, 0.15) is 11.3 Å². The first-order valence-corrected chi connectivity index (χ1v) is 9.89. The molecule has 2 aromatic carbocycles. The monoisotopic (exact) mass is 392 g/mol. The van der Waals surface area contributed by atoms with Crippen LogP contribution in [0.25, 0.3) is 16.7 Å². The summed E-state index contributed by atoms with van der Waals surface area (Å²) in [6.07, 6.45) is 3.70. The van der Waals surface area contributed by atoms with Crippen LogP contribution in [-0.2, 0) is 5.75 Å². The quantitative estimate of drug-likeness (QED) is 0.357. The summed E-state index contributed by atoms with van der Waals surface area (Å²) >= 11 is 1.59. The predicted molar refractivity (Wildman–Crippen MR) is 112 cm³/mol. The number of aromatic nitrogens is 2. The van der Waals surface area contributed by atoms with Crippen molar-refractivity contribution in [2.24, 2.45) is 0 Å². The molecule has 0 bridgehead atoms. The van der Waals surface area contributed by atoms with Crippen molar-refractivity contribution in [3.05, 3.63) is 82.0 Å². The Morgan fingerprint density at radius 2 is 1.93 bits per heavy atom. The van der Waals surface area contributed by atoms with E-state index in [1.165, 1.54) is 0 Å². The molecule has 4 rings (SSSR count). The van der Waals surface area contributed by atoms with Crippen molar-refractivity contribution in [2.45, 2.75) is 24.8 Å². The van der Waals surface area contributed by atoms with E-state index in [9.17, 15) is 4.79 Å². The summed E-state index contributed by atoms with van der Waals surface area (Å²) in [6, 6.07) is 13.5. The normalized spacial score (nSPS) is 11.1. The number of thioether (sulfide) groups is 1. The molecule has 0 unspecified atom stereocenters. The maximum Gasteiger partial charge on any atom is 0.336 e. The zero-order chi connectivity index (χ0) is 19.7. The van der Waals surface area contributed by atoms with Gasteiger partial charge < -0.3 is 9.15 Å². The third-order valence-corrected chi connectivity index (χ3v) is 5.85. The van der Waals surface area contributed by atoms with Crippen LogP contribution < -0.4 is 10.4 Å². The topological polar surface area (TPSA) is 57.3 Å². The van der Waals surface area contributed by atoms with E-state index >= 15 is 0 Å². The van der Waals surface area contributed by atoms with Gasteiger partial charge in [-0.15, -0.1) is 0 Å². The summed E-state index contributed by atoms with van der Waals surface area (Å²) in [6.45, 7) is 4.00. The second-order valence-electron chi connectivity index (χ2n) is 6.54. The maximum atomic E-state index is 12.1. The first kappa shape index (κ1) is 18.4. The lowest BCUT2D eigenvalue weighted by Gasteiger charge is -2.10. The van der Waals surface area contributed by atoms with Crippen LogP contribution in [0.15, 0.2) is 69.2 Å². The van der Waals surface area contributed by atoms with Gasteiger partial charge in [-0.2, -0.15) is 0 Å². The summed E-state index contributed by atoms with van der Waals surface area (Å²) in [5.41, 5.74) is 4.40. The highest BCUT2D eigenvalue weighted by Gasteiger charge is 2.12. The fourth-order valence-electron chi connectivity index (χ4n) is 3.12. The highest BCUT2D eigenvalue weighted by molar-refractivity contribution is 7.98. The van der Waals surface area contributed by atoms with E-state index < -0.39 is 0 Å². The van der Waals surface area contributed by atoms with E-state index in [0.29, 0.717) is 11.3 Å². The molecule has 5 nitrogen and oxygen atoms in total. The molecule has 0 saturated heterocycles. The average molecular weight is 392 g/mol. The number of methoxy groups -OCH3 is 1. The molecule has 0 aliphatic carbocycles. The summed E-state index contributed by atoms with van der Waals surface area (Å²) in [4.78, 5) is 16.5. The highest BCUT2D eigenvalue weighted by Crippen LogP contribution is 2.29. The molecule has 28 heavy (non-hydrogen) atoms. The molecule has 6 heteroatoms. The molecule has 2 heterocycles. The number of rotatable bonds is 5. The van der Waals surface area contributed by atoms with Crippen LogP contribution in [0.3, 0.4) is 0 Å². The summed E-state index contributed by atoms with van der Waals surface area (Å²) in [7, 11) is 1.65. The van der Waals surface area contributed by atoms with Crippen LogP contribution in [0.1, 0.15) is 16.7 Å². The minimum absolute atomic E-state index is 0.324. The zero-order valence-corrected chi connectivity index (χ0v) is 16.7. The number of imidazole rings is 1. The Hall–Kier alpha value is -2.99. The smallest absolute Gasteiger partial charge is 0.336 e. The number of fused-ring (bicyclic) bond motifs is 1. The molecule has 0 radical (unpaired) electrons. The third kappa shape index (κ3) is 3.43. The molecule has 142 valence electrons. The number of benzene rings is 2. The molecular weight excluding hydrogens is 372 g/mol. The maximum absolute atomic E-state index is 12.1. The lowest BCUT2D eigenvalue weighted by atomic mass is 10.0. The molecule has 0 fully saturated rings. The van der Waals surface area contributed by atoms with Crippen LogP contribution in [-0.4, -0.2) is 16.7 Å². The Balaban J connectivity index is 1.65. The number of hydrogen-bond donors (Lipinski definition) is 0. The molecule has 0 amide bonds. The second kappa shape index (κ2) is 7.56. The molecule has 4 aromatic rings. The Kier molecular flexibility index (Phi) is 4.96. The van der Waals surface area contributed by atoms with Gasteiger partial charge in [0.2, 0.25) is 0 Å². The standard InChI is InChI=1S/C22H20N2O3S/c1-14-4-9-19-16(12-20(25)27-21(19)15(14)2)13-28-22-23-10-11-24(22)17-5-7-18(26-3)8-6-17/h4-12H,13H2,1-3H3. The van der Waals surface area contributed by atoms with E-state index in [1.54, 1.807) is 31.1 Å². The summed E-state index contributed by atoms with van der Waals surface area (Å²) in [5.74, 6) is 1.43. The van der Waals surface area contributed by atoms with Gasteiger partial charge in [0.25, 0.3) is 0 Å². The van der Waals surface area contributed by atoms with Gasteiger partial charge in [0, 0.05) is 35.3 Å². The van der Waals surface area contributed by atoms with Crippen molar-refractivity contribution in [3.63, 3.8) is 0 Å². The first-order valence-electron chi connectivity index (χ1n) is 8.90. The van der Waals surface area contributed by atoms with Gasteiger partial charge in [-0.3, -0.25) is 4.57 Å². The van der Waals surface area contributed by atoms with Gasteiger partial charge in [-0.25, -0.2) is 9.78 Å². The van der Waals surface area contributed by atoms with E-state index in [0.717, 1.165) is 38.7 Å². The van der Waals surface area contributed by atoms with Crippen molar-refractivity contribution >= 4 is 22.7 Å². The first-order chi connectivity index (χ1) is 13.6. The lowest BCUT2D eigenvalue weighted by Crippen LogP contribution is -2.02. The third-order valence-electron chi connectivity index (χ3n) is 4.83. The van der Waals surface area contributed by atoms with Crippen LogP contribution in [0.5, 0.6) is 5.75 Å². The second-order valence-corrected chi connectivity index (χ2v) is 7.48. The summed E-state index contributed by atoms with van der Waals surface area (Å²) < 4.78 is 12.7. The lowest BCUT2D eigenvalue weighted by molar-refractivity contribution is 0.414. The van der Waals surface area contributed by atoms with Gasteiger partial charge in [-0.05, 0) is 54.8 Å². The summed E-state index contributed by atoms with van der Waals surface area (Å²) in [5, 5.41) is 1.83. The molecule has 0 spiro atoms. The van der Waals surface area contributed by atoms with Crippen molar-refractivity contribution in [3.8, 4) is 11.4 Å². The van der Waals surface area contributed by atoms with E-state index in [-0.39, 0.29) is 5.63 Å². The fourth-order valence-corrected chi connectivity index (χ4v) is 4.09. The Morgan fingerprint density at radius 3 is 2.68 bits per heavy atom. The predicted octanol–water partition coefficient (Wildman–Crippen LogP) is 4.90. The highest BCUT2D eigenvalue weighted by atomic mass is 32.2.